The first-order chi connectivity index (χ1) is 19.5. The minimum Gasteiger partial charge on any atom is -0.462 e. The van der Waals surface area contributed by atoms with E-state index in [1.54, 1.807) is 36.4 Å². The molecule has 0 unspecified atom stereocenters. The van der Waals surface area contributed by atoms with Crippen LogP contribution in [0.1, 0.15) is 57.5 Å². The predicted octanol–water partition coefficient (Wildman–Crippen LogP) is 5.70. The molecule has 0 aromatic heterocycles. The van der Waals surface area contributed by atoms with Crippen LogP contribution in [-0.4, -0.2) is 36.5 Å². The Bertz CT molecular complexity index is 1290. The molecule has 5 N–H and O–H groups in total. The van der Waals surface area contributed by atoms with Gasteiger partial charge in [0.2, 0.25) is 0 Å². The Morgan fingerprint density at radius 3 is 1.98 bits per heavy atom. The van der Waals surface area contributed by atoms with Gasteiger partial charge in [0.15, 0.2) is 0 Å². The van der Waals surface area contributed by atoms with Crippen LogP contribution in [0.3, 0.4) is 0 Å². The van der Waals surface area contributed by atoms with E-state index in [9.17, 15) is 27.6 Å². The third-order valence-corrected chi connectivity index (χ3v) is 5.40. The molecule has 0 bridgehead atoms. The summed E-state index contributed by atoms with van der Waals surface area (Å²) in [6.45, 7) is 0.585. The topological polar surface area (TPSA) is 142 Å². The van der Waals surface area contributed by atoms with Crippen LogP contribution in [0.25, 0.3) is 6.08 Å². The Morgan fingerprint density at radius 2 is 1.41 bits per heavy atom. The first-order valence-electron chi connectivity index (χ1n) is 12.6. The van der Waals surface area contributed by atoms with Crippen molar-refractivity contribution >= 4 is 35.7 Å². The number of esters is 2. The predicted molar refractivity (Wildman–Crippen MR) is 149 cm³/mol. The molecule has 0 aliphatic rings. The van der Waals surface area contributed by atoms with Gasteiger partial charge in [0.1, 0.15) is 12.0 Å². The van der Waals surface area contributed by atoms with Crippen LogP contribution in [0.2, 0.25) is 0 Å². The number of carbonyl (C=O) groups excluding carboxylic acids is 3. The van der Waals surface area contributed by atoms with Crippen molar-refractivity contribution in [3.8, 4) is 5.75 Å². The average molecular weight is 573 g/mol. The molecule has 218 valence electrons. The number of ether oxygens (including phenoxy) is 2. The number of allylic oxidation sites excluding steroid dienone is 1. The zero-order valence-corrected chi connectivity index (χ0v) is 22.1. The SMILES string of the molecule is Nc1cc(N)cc(C(=O)OCCCCCCO)c1.O=C/C=C/c1ccc(OC(=O)c2ccc(C(F)(F)F)cc2)cc1. The molecular weight excluding hydrogens is 541 g/mol. The monoisotopic (exact) mass is 572 g/mol. The lowest BCUT2D eigenvalue weighted by atomic mass is 10.1. The van der Waals surface area contributed by atoms with E-state index in [0.29, 0.717) is 29.8 Å². The summed E-state index contributed by atoms with van der Waals surface area (Å²) in [5, 5.41) is 8.60. The number of carbonyl (C=O) groups is 3. The van der Waals surface area contributed by atoms with Crippen molar-refractivity contribution in [2.24, 2.45) is 0 Å². The number of aliphatic hydroxyl groups is 1. The van der Waals surface area contributed by atoms with Crippen LogP contribution >= 0.6 is 0 Å². The molecule has 0 aliphatic carbocycles. The van der Waals surface area contributed by atoms with E-state index in [2.05, 4.69) is 0 Å². The molecule has 8 nitrogen and oxygen atoms in total. The number of alkyl halides is 3. The molecule has 0 aliphatic heterocycles. The second-order valence-corrected chi connectivity index (χ2v) is 8.69. The maximum Gasteiger partial charge on any atom is 0.416 e. The standard InChI is InChI=1S/C17H11F3O3.C13H20N2O3/c18-17(19,20)14-7-5-13(6-8-14)16(22)23-15-9-3-12(4-10-15)2-1-11-21;14-11-7-10(8-12(15)9-11)13(17)18-6-4-2-1-3-5-16/h1-11H;7-9,16H,1-6,14-15H2/b2-1+;. The Hall–Kier alpha value is -4.64. The normalized spacial score (nSPS) is 10.9. The fourth-order valence-corrected chi connectivity index (χ4v) is 3.37. The van der Waals surface area contributed by atoms with Crippen molar-refractivity contribution < 1.29 is 42.1 Å². The van der Waals surface area contributed by atoms with Gasteiger partial charge in [-0.1, -0.05) is 24.6 Å². The van der Waals surface area contributed by atoms with Crippen molar-refractivity contribution in [2.45, 2.75) is 31.9 Å². The Kier molecular flexibility index (Phi) is 13.1. The highest BCUT2D eigenvalue weighted by molar-refractivity contribution is 5.92. The van der Waals surface area contributed by atoms with Gasteiger partial charge in [0.25, 0.3) is 0 Å². The van der Waals surface area contributed by atoms with Gasteiger partial charge >= 0.3 is 18.1 Å². The van der Waals surface area contributed by atoms with E-state index in [0.717, 1.165) is 55.5 Å². The first-order valence-corrected chi connectivity index (χ1v) is 12.6. The molecular formula is C30H31F3N2O6. The van der Waals surface area contributed by atoms with Gasteiger partial charge in [-0.2, -0.15) is 13.2 Å². The molecule has 0 saturated carbocycles. The summed E-state index contributed by atoms with van der Waals surface area (Å²) in [5.74, 6) is -0.913. The van der Waals surface area contributed by atoms with Gasteiger partial charge in [0, 0.05) is 18.0 Å². The number of aldehydes is 1. The summed E-state index contributed by atoms with van der Waals surface area (Å²) in [6.07, 6.45) is 2.55. The van der Waals surface area contributed by atoms with Crippen LogP contribution in [0.4, 0.5) is 24.5 Å². The lowest BCUT2D eigenvalue weighted by Gasteiger charge is -2.08. The summed E-state index contributed by atoms with van der Waals surface area (Å²) in [6, 6.07) is 14.8. The number of benzene rings is 3. The molecule has 0 radical (unpaired) electrons. The minimum atomic E-state index is -4.45. The maximum absolute atomic E-state index is 12.5. The number of aliphatic hydroxyl groups excluding tert-OH is 1. The van der Waals surface area contributed by atoms with E-state index in [4.69, 9.17) is 26.0 Å². The number of nitrogen functional groups attached to an aromatic ring is 2. The number of nitrogens with two attached hydrogens (primary N) is 2. The van der Waals surface area contributed by atoms with Crippen LogP contribution in [0, 0.1) is 0 Å². The van der Waals surface area contributed by atoms with Crippen LogP contribution in [0.15, 0.2) is 72.8 Å². The number of hydrogen-bond donors (Lipinski definition) is 3. The second kappa shape index (κ2) is 16.5. The summed E-state index contributed by atoms with van der Waals surface area (Å²) in [7, 11) is 0. The first kappa shape index (κ1) is 32.6. The Balaban J connectivity index is 0.000000296. The number of hydrogen-bond acceptors (Lipinski definition) is 8. The van der Waals surface area contributed by atoms with E-state index >= 15 is 0 Å². The van der Waals surface area contributed by atoms with Gasteiger partial charge in [-0.15, -0.1) is 0 Å². The van der Waals surface area contributed by atoms with E-state index in [1.165, 1.54) is 18.2 Å². The van der Waals surface area contributed by atoms with Gasteiger partial charge in [-0.05, 0) is 85.5 Å². The highest BCUT2D eigenvalue weighted by Gasteiger charge is 2.30. The molecule has 3 aromatic carbocycles. The molecule has 0 atom stereocenters. The third kappa shape index (κ3) is 12.0. The van der Waals surface area contributed by atoms with Crippen molar-refractivity contribution in [2.75, 3.05) is 24.7 Å². The number of halogens is 3. The molecule has 3 aromatic rings. The summed E-state index contributed by atoms with van der Waals surface area (Å²) >= 11 is 0. The highest BCUT2D eigenvalue weighted by Crippen LogP contribution is 2.29. The molecule has 0 amide bonds. The van der Waals surface area contributed by atoms with Crippen molar-refractivity contribution in [1.82, 2.24) is 0 Å². The molecule has 0 saturated heterocycles. The van der Waals surface area contributed by atoms with Gasteiger partial charge in [0.05, 0.1) is 23.3 Å². The zero-order chi connectivity index (χ0) is 30.3. The number of unbranched alkanes of at least 4 members (excludes halogenated alkanes) is 3. The smallest absolute Gasteiger partial charge is 0.416 e. The zero-order valence-electron chi connectivity index (χ0n) is 22.1. The summed E-state index contributed by atoms with van der Waals surface area (Å²) in [4.78, 5) is 33.7. The molecule has 41 heavy (non-hydrogen) atoms. The molecule has 0 fully saturated rings. The second-order valence-electron chi connectivity index (χ2n) is 8.69. The van der Waals surface area contributed by atoms with Gasteiger partial charge < -0.3 is 26.0 Å². The lowest BCUT2D eigenvalue weighted by molar-refractivity contribution is -0.137. The number of anilines is 2. The highest BCUT2D eigenvalue weighted by atomic mass is 19.4. The van der Waals surface area contributed by atoms with Gasteiger partial charge in [-0.3, -0.25) is 4.79 Å². The number of rotatable bonds is 11. The molecule has 0 heterocycles. The Labute approximate surface area is 235 Å². The van der Waals surface area contributed by atoms with Gasteiger partial charge in [-0.25, -0.2) is 9.59 Å². The van der Waals surface area contributed by atoms with Crippen LogP contribution < -0.4 is 16.2 Å². The Morgan fingerprint density at radius 1 is 0.805 bits per heavy atom. The third-order valence-electron chi connectivity index (χ3n) is 5.40. The van der Waals surface area contributed by atoms with E-state index < -0.39 is 23.7 Å². The molecule has 11 heteroatoms. The van der Waals surface area contributed by atoms with E-state index in [-0.39, 0.29) is 17.9 Å². The minimum absolute atomic E-state index is 0.0166. The quantitative estimate of drug-likeness (QED) is 0.0664. The van der Waals surface area contributed by atoms with E-state index in [1.807, 2.05) is 0 Å². The average Bonchev–Trinajstić information content (AvgIpc) is 2.94. The van der Waals surface area contributed by atoms with Crippen molar-refractivity contribution in [1.29, 1.82) is 0 Å². The fourth-order valence-electron chi connectivity index (χ4n) is 3.37. The maximum atomic E-state index is 12.5. The summed E-state index contributed by atoms with van der Waals surface area (Å²) in [5.41, 5.74) is 12.4. The summed E-state index contributed by atoms with van der Waals surface area (Å²) < 4.78 is 47.5. The lowest BCUT2D eigenvalue weighted by Crippen LogP contribution is -2.10. The molecule has 3 rings (SSSR count). The van der Waals surface area contributed by atoms with Crippen LogP contribution in [0.5, 0.6) is 5.75 Å². The largest absolute Gasteiger partial charge is 0.462 e. The van der Waals surface area contributed by atoms with Crippen molar-refractivity contribution in [3.05, 3.63) is 95.1 Å². The molecule has 0 spiro atoms. The van der Waals surface area contributed by atoms with Crippen molar-refractivity contribution in [3.63, 3.8) is 0 Å². The van der Waals surface area contributed by atoms with Crippen LogP contribution in [-0.2, 0) is 15.7 Å². The fraction of sp³-hybridized carbons (Fsp3) is 0.233.